The summed E-state index contributed by atoms with van der Waals surface area (Å²) in [6.07, 6.45) is 0.468. The quantitative estimate of drug-likeness (QED) is 0.164. The highest BCUT2D eigenvalue weighted by Gasteiger charge is 2.41. The smallest absolute Gasteiger partial charge is 0.337 e. The van der Waals surface area contributed by atoms with Crippen molar-refractivity contribution in [2.75, 3.05) is 31.0 Å². The number of ether oxygens (including phenoxy) is 2. The zero-order chi connectivity index (χ0) is 29.6. The summed E-state index contributed by atoms with van der Waals surface area (Å²) in [5, 5.41) is 8.10. The molecule has 1 aliphatic heterocycles. The molecule has 1 atom stereocenters. The maximum Gasteiger partial charge on any atom is 0.337 e. The van der Waals surface area contributed by atoms with Crippen molar-refractivity contribution in [2.24, 2.45) is 10.1 Å². The molecule has 214 valence electrons. The molecule has 41 heavy (non-hydrogen) atoms. The standard InChI is InChI=1S/C28H28N4O7S2/c1-38-22-11-7-20(8-12-22)31-28(30-16-15-18-3-13-23(14-4-18)41(29,36)37)40-24-17-25(33)32(26(24)34)21-9-5-19(6-10-21)27(35)39-2/h3-14,24H,15-17H2,1-2H3,(H,30,31)(H2,29,36,37). The van der Waals surface area contributed by atoms with E-state index in [4.69, 9.17) is 14.6 Å². The number of nitrogens with zero attached hydrogens (tertiary/aromatic N) is 2. The first-order valence-corrected chi connectivity index (χ1v) is 14.8. The minimum Gasteiger partial charge on any atom is -0.497 e. The van der Waals surface area contributed by atoms with E-state index in [1.807, 2.05) is 0 Å². The van der Waals surface area contributed by atoms with Gasteiger partial charge >= 0.3 is 5.97 Å². The van der Waals surface area contributed by atoms with Crippen LogP contribution in [-0.4, -0.2) is 57.4 Å². The van der Waals surface area contributed by atoms with Crippen molar-refractivity contribution >= 4 is 56.1 Å². The minimum atomic E-state index is -3.78. The fourth-order valence-corrected chi connectivity index (χ4v) is 5.56. The molecule has 2 amide bonds. The van der Waals surface area contributed by atoms with Gasteiger partial charge in [-0.1, -0.05) is 23.9 Å². The van der Waals surface area contributed by atoms with Crippen LogP contribution in [0, 0.1) is 0 Å². The van der Waals surface area contributed by atoms with Gasteiger partial charge in [-0.15, -0.1) is 0 Å². The molecule has 4 rings (SSSR count). The van der Waals surface area contributed by atoms with Gasteiger partial charge in [0.05, 0.1) is 30.4 Å². The zero-order valence-electron chi connectivity index (χ0n) is 22.3. The van der Waals surface area contributed by atoms with Gasteiger partial charge in [-0.3, -0.25) is 14.6 Å². The first-order valence-electron chi connectivity index (χ1n) is 12.4. The highest BCUT2D eigenvalue weighted by Crippen LogP contribution is 2.31. The maximum atomic E-state index is 13.3. The lowest BCUT2D eigenvalue weighted by molar-refractivity contribution is -0.121. The number of amides is 2. The molecule has 3 aromatic carbocycles. The van der Waals surface area contributed by atoms with Gasteiger partial charge in [0.25, 0.3) is 0 Å². The number of aliphatic imine (C=N–C) groups is 1. The van der Waals surface area contributed by atoms with E-state index in [1.54, 1.807) is 43.5 Å². The zero-order valence-corrected chi connectivity index (χ0v) is 23.9. The number of sulfonamides is 1. The summed E-state index contributed by atoms with van der Waals surface area (Å²) in [6.45, 7) is 0.327. The summed E-state index contributed by atoms with van der Waals surface area (Å²) in [5.41, 5.74) is 2.23. The lowest BCUT2D eigenvalue weighted by Crippen LogP contribution is -2.31. The number of imide groups is 1. The Kier molecular flexibility index (Phi) is 9.42. The Morgan fingerprint density at radius 2 is 1.68 bits per heavy atom. The predicted octanol–water partition coefficient (Wildman–Crippen LogP) is 3.21. The van der Waals surface area contributed by atoms with Gasteiger partial charge < -0.3 is 14.8 Å². The molecular formula is C28H28N4O7S2. The Hall–Kier alpha value is -4.20. The third kappa shape index (κ3) is 7.51. The van der Waals surface area contributed by atoms with E-state index in [-0.39, 0.29) is 17.2 Å². The van der Waals surface area contributed by atoms with Crippen molar-refractivity contribution in [1.29, 1.82) is 0 Å². The first-order chi connectivity index (χ1) is 19.6. The van der Waals surface area contributed by atoms with Crippen molar-refractivity contribution in [1.82, 2.24) is 0 Å². The molecule has 1 heterocycles. The van der Waals surface area contributed by atoms with Crippen molar-refractivity contribution < 1.29 is 32.3 Å². The van der Waals surface area contributed by atoms with Crippen LogP contribution in [0.15, 0.2) is 82.7 Å². The third-order valence-corrected chi connectivity index (χ3v) is 8.19. The summed E-state index contributed by atoms with van der Waals surface area (Å²) in [4.78, 5) is 43.7. The Morgan fingerprint density at radius 3 is 2.27 bits per heavy atom. The molecule has 0 saturated carbocycles. The van der Waals surface area contributed by atoms with E-state index in [0.29, 0.717) is 40.8 Å². The lowest BCUT2D eigenvalue weighted by Gasteiger charge is -2.16. The molecule has 0 aliphatic carbocycles. The van der Waals surface area contributed by atoms with E-state index in [1.165, 1.54) is 43.5 Å². The number of hydrogen-bond donors (Lipinski definition) is 2. The normalized spacial score (nSPS) is 15.6. The Labute approximate surface area is 241 Å². The van der Waals surface area contributed by atoms with Crippen LogP contribution in [0.25, 0.3) is 0 Å². The van der Waals surface area contributed by atoms with Crippen LogP contribution in [-0.2, 0) is 30.8 Å². The summed E-state index contributed by atoms with van der Waals surface area (Å²) in [7, 11) is -0.942. The largest absolute Gasteiger partial charge is 0.497 e. The Morgan fingerprint density at radius 1 is 1.02 bits per heavy atom. The van der Waals surface area contributed by atoms with E-state index < -0.39 is 27.1 Å². The van der Waals surface area contributed by atoms with E-state index in [2.05, 4.69) is 10.3 Å². The van der Waals surface area contributed by atoms with Crippen LogP contribution >= 0.6 is 11.8 Å². The maximum absolute atomic E-state index is 13.3. The van der Waals surface area contributed by atoms with Crippen molar-refractivity contribution in [3.8, 4) is 5.75 Å². The molecule has 1 saturated heterocycles. The molecule has 0 radical (unpaired) electrons. The SMILES string of the molecule is COC(=O)c1ccc(N2C(=O)CC(SC(=NCCc3ccc(S(N)(=O)=O)cc3)Nc3ccc(OC)cc3)C2=O)cc1. The molecule has 13 heteroatoms. The second kappa shape index (κ2) is 13.0. The van der Waals surface area contributed by atoms with Gasteiger partial charge in [-0.2, -0.15) is 0 Å². The molecule has 1 unspecified atom stereocenters. The number of nitrogens with two attached hydrogens (primary N) is 1. The fraction of sp³-hybridized carbons (Fsp3) is 0.214. The second-order valence-electron chi connectivity index (χ2n) is 8.90. The van der Waals surface area contributed by atoms with Crippen molar-refractivity contribution in [2.45, 2.75) is 23.0 Å². The monoisotopic (exact) mass is 596 g/mol. The molecular weight excluding hydrogens is 568 g/mol. The van der Waals surface area contributed by atoms with Gasteiger partial charge in [-0.05, 0) is 72.6 Å². The highest BCUT2D eigenvalue weighted by atomic mass is 32.2. The molecule has 0 bridgehead atoms. The fourth-order valence-electron chi connectivity index (χ4n) is 4.00. The molecule has 0 aromatic heterocycles. The average Bonchev–Trinajstić information content (AvgIpc) is 3.24. The van der Waals surface area contributed by atoms with Crippen molar-refractivity contribution in [3.05, 3.63) is 83.9 Å². The number of primary sulfonamides is 1. The number of benzene rings is 3. The Bertz CT molecular complexity index is 1560. The topological polar surface area (TPSA) is 157 Å². The van der Waals surface area contributed by atoms with E-state index in [9.17, 15) is 22.8 Å². The molecule has 1 aliphatic rings. The van der Waals surface area contributed by atoms with Crippen LogP contribution in [0.3, 0.4) is 0 Å². The van der Waals surface area contributed by atoms with Gasteiger partial charge in [-0.25, -0.2) is 23.3 Å². The molecule has 11 nitrogen and oxygen atoms in total. The van der Waals surface area contributed by atoms with Gasteiger partial charge in [0.1, 0.15) is 11.0 Å². The summed E-state index contributed by atoms with van der Waals surface area (Å²) in [5.74, 6) is -0.601. The molecule has 1 fully saturated rings. The number of hydrogen-bond acceptors (Lipinski definition) is 9. The Balaban J connectivity index is 1.50. The third-order valence-electron chi connectivity index (χ3n) is 6.15. The molecule has 3 N–H and O–H groups in total. The minimum absolute atomic E-state index is 0.0241. The number of anilines is 2. The van der Waals surface area contributed by atoms with Crippen LogP contribution in [0.2, 0.25) is 0 Å². The molecule has 0 spiro atoms. The lowest BCUT2D eigenvalue weighted by atomic mass is 10.1. The highest BCUT2D eigenvalue weighted by molar-refractivity contribution is 8.15. The number of esters is 1. The van der Waals surface area contributed by atoms with Crippen LogP contribution in [0.1, 0.15) is 22.3 Å². The van der Waals surface area contributed by atoms with Gasteiger partial charge in [0.15, 0.2) is 5.17 Å². The number of nitrogens with one attached hydrogen (secondary N) is 1. The summed E-state index contributed by atoms with van der Waals surface area (Å²) < 4.78 is 32.9. The predicted molar refractivity (Wildman–Crippen MR) is 157 cm³/mol. The van der Waals surface area contributed by atoms with E-state index in [0.717, 1.165) is 22.2 Å². The molecule has 3 aromatic rings. The van der Waals surface area contributed by atoms with Gasteiger partial charge in [0.2, 0.25) is 21.8 Å². The number of carbonyl (C=O) groups excluding carboxylic acids is 3. The van der Waals surface area contributed by atoms with Crippen molar-refractivity contribution in [3.63, 3.8) is 0 Å². The number of thioether (sulfide) groups is 1. The summed E-state index contributed by atoms with van der Waals surface area (Å²) >= 11 is 1.15. The number of carbonyl (C=O) groups is 3. The summed E-state index contributed by atoms with van der Waals surface area (Å²) in [6, 6.07) is 19.4. The average molecular weight is 597 g/mol. The van der Waals surface area contributed by atoms with Crippen LogP contribution < -0.4 is 20.1 Å². The van der Waals surface area contributed by atoms with E-state index >= 15 is 0 Å². The van der Waals surface area contributed by atoms with Crippen LogP contribution in [0.4, 0.5) is 11.4 Å². The second-order valence-corrected chi connectivity index (χ2v) is 11.6. The number of rotatable bonds is 9. The number of methoxy groups -OCH3 is 2. The van der Waals surface area contributed by atoms with Gasteiger partial charge in [0, 0.05) is 18.7 Å². The van der Waals surface area contributed by atoms with Crippen LogP contribution in [0.5, 0.6) is 5.75 Å². The first kappa shape index (κ1) is 29.8. The number of amidine groups is 1.